The number of hydrogen-bond acceptors (Lipinski definition) is 17. The van der Waals surface area contributed by atoms with Gasteiger partial charge < -0.3 is 47.9 Å². The molecule has 0 aliphatic carbocycles. The molecule has 2 rings (SSSR count). The molecule has 0 bridgehead atoms. The van der Waals surface area contributed by atoms with Crippen molar-refractivity contribution in [2.45, 2.75) is 64.2 Å². The van der Waals surface area contributed by atoms with E-state index >= 15 is 0 Å². The van der Waals surface area contributed by atoms with Crippen molar-refractivity contribution in [3.05, 3.63) is 39.8 Å². The summed E-state index contributed by atoms with van der Waals surface area (Å²) < 4.78 is 85.3. The van der Waals surface area contributed by atoms with Crippen LogP contribution in [0.15, 0.2) is 23.3 Å². The maximum Gasteiger partial charge on any atom is 0.306 e. The van der Waals surface area contributed by atoms with Crippen LogP contribution in [0.25, 0.3) is 10.4 Å². The van der Waals surface area contributed by atoms with Crippen molar-refractivity contribution in [2.24, 2.45) is 5.11 Å². The maximum atomic E-state index is 13.6. The quantitative estimate of drug-likeness (QED) is 0.0329. The van der Waals surface area contributed by atoms with Gasteiger partial charge in [-0.1, -0.05) is 11.2 Å². The van der Waals surface area contributed by atoms with Crippen LogP contribution in [0, 0.1) is 0 Å². The lowest BCUT2D eigenvalue weighted by molar-refractivity contribution is -0.288. The van der Waals surface area contributed by atoms with Gasteiger partial charge in [-0.05, 0) is 23.2 Å². The van der Waals surface area contributed by atoms with E-state index in [2.05, 4.69) is 15.3 Å². The topological polar surface area (TPSA) is 263 Å². The molecule has 20 nitrogen and oxygen atoms in total. The predicted molar refractivity (Wildman–Crippen MR) is 172 cm³/mol. The van der Waals surface area contributed by atoms with Gasteiger partial charge in [-0.15, -0.1) is 3.89 Å². The van der Waals surface area contributed by atoms with E-state index in [-0.39, 0.29) is 69.6 Å². The summed E-state index contributed by atoms with van der Waals surface area (Å²) in [5.74, 6) is -5.56. The van der Waals surface area contributed by atoms with Gasteiger partial charge in [-0.25, -0.2) is 0 Å². The van der Waals surface area contributed by atoms with E-state index in [1.807, 2.05) is 0 Å². The Kier molecular flexibility index (Phi) is 18.7. The molecule has 1 unspecified atom stereocenters. The van der Waals surface area contributed by atoms with Crippen molar-refractivity contribution >= 4 is 40.0 Å². The molecule has 1 fully saturated rings. The van der Waals surface area contributed by atoms with Crippen LogP contribution < -0.4 is 10.1 Å². The van der Waals surface area contributed by atoms with Crippen molar-refractivity contribution in [1.82, 2.24) is 5.32 Å². The first kappa shape index (κ1) is 43.6. The van der Waals surface area contributed by atoms with Gasteiger partial charge in [0.2, 0.25) is 12.4 Å². The Morgan fingerprint density at radius 3 is 2.00 bits per heavy atom. The summed E-state index contributed by atoms with van der Waals surface area (Å²) in [7, 11) is -5.02. The molecule has 5 atom stereocenters. The number of hydrogen-bond donors (Lipinski definition) is 1. The lowest BCUT2D eigenvalue weighted by atomic mass is 9.98. The molecule has 0 spiro atoms. The number of ether oxygens (including phenoxy) is 9. The van der Waals surface area contributed by atoms with Crippen LogP contribution in [0.5, 0.6) is 5.75 Å². The van der Waals surface area contributed by atoms with Gasteiger partial charge in [0.05, 0.1) is 45.2 Å². The number of rotatable bonds is 22. The van der Waals surface area contributed by atoms with Crippen molar-refractivity contribution in [3.8, 4) is 5.75 Å². The highest BCUT2D eigenvalue weighted by molar-refractivity contribution is 7.85. The standard InChI is InChI=1S/C30H41FN4O16S/c1-18(36)46-16-25-26(47-19(2)37)27(48-20(3)38)28(49-21(4)39)30(51-25)50-24-6-5-22(17-52(31,41)42)15-23(24)29(40)33-7-9-43-11-13-45-14-12-44-10-8-34-35-32/h5-6,15,25-28,30H,7-14,16-17H2,1-4H3,(H,33,40)/t25-,26+,27+,28-,30?/m1/s1. The summed E-state index contributed by atoms with van der Waals surface area (Å²) >= 11 is 0. The first-order chi connectivity index (χ1) is 24.6. The average molecular weight is 765 g/mol. The molecule has 22 heteroatoms. The molecule has 52 heavy (non-hydrogen) atoms. The third-order valence-corrected chi connectivity index (χ3v) is 7.17. The fraction of sp³-hybridized carbons (Fsp3) is 0.633. The van der Waals surface area contributed by atoms with E-state index in [9.17, 15) is 36.3 Å². The highest BCUT2D eigenvalue weighted by atomic mass is 32.3. The smallest absolute Gasteiger partial charge is 0.306 e. The van der Waals surface area contributed by atoms with Crippen molar-refractivity contribution in [1.29, 1.82) is 0 Å². The number of nitrogens with one attached hydrogen (secondary N) is 1. The normalized spacial score (nSPS) is 19.8. The molecule has 1 aliphatic heterocycles. The average Bonchev–Trinajstić information content (AvgIpc) is 3.04. The Labute approximate surface area is 298 Å². The summed E-state index contributed by atoms with van der Waals surface area (Å²) in [6.07, 6.45) is -7.77. The lowest BCUT2D eigenvalue weighted by Gasteiger charge is -2.44. The van der Waals surface area contributed by atoms with E-state index in [0.29, 0.717) is 0 Å². The van der Waals surface area contributed by atoms with Crippen LogP contribution >= 0.6 is 0 Å². The van der Waals surface area contributed by atoms with Crippen molar-refractivity contribution < 1.29 is 78.9 Å². The second kappa shape index (κ2) is 22.4. The van der Waals surface area contributed by atoms with Crippen LogP contribution in [0.1, 0.15) is 43.6 Å². The lowest BCUT2D eigenvalue weighted by Crippen LogP contribution is -2.63. The Morgan fingerprint density at radius 1 is 0.846 bits per heavy atom. The van der Waals surface area contributed by atoms with Gasteiger partial charge in [0.25, 0.3) is 5.91 Å². The summed E-state index contributed by atoms with van der Waals surface area (Å²) in [5, 5.41) is 5.89. The predicted octanol–water partition coefficient (Wildman–Crippen LogP) is 1.04. The van der Waals surface area contributed by atoms with Crippen molar-refractivity contribution in [3.63, 3.8) is 0 Å². The number of carbonyl (C=O) groups excluding carboxylic acids is 5. The Balaban J connectivity index is 2.27. The first-order valence-corrected chi connectivity index (χ1v) is 17.2. The number of amides is 1. The summed E-state index contributed by atoms with van der Waals surface area (Å²) in [5.41, 5.74) is 7.78. The number of esters is 4. The fourth-order valence-electron chi connectivity index (χ4n) is 4.58. The molecule has 1 aromatic rings. The zero-order chi connectivity index (χ0) is 38.7. The van der Waals surface area contributed by atoms with Crippen LogP contribution in [0.2, 0.25) is 0 Å². The minimum atomic E-state index is -5.02. The largest absolute Gasteiger partial charge is 0.463 e. The number of carbonyl (C=O) groups is 5. The van der Waals surface area contributed by atoms with Gasteiger partial charge in [-0.2, -0.15) is 8.42 Å². The Hall–Kier alpha value is -4.60. The molecule has 1 aliphatic rings. The molecule has 290 valence electrons. The molecule has 1 heterocycles. The minimum absolute atomic E-state index is 0.0200. The highest BCUT2D eigenvalue weighted by Gasteiger charge is 2.53. The number of benzene rings is 1. The molecule has 1 amide bonds. The zero-order valence-electron chi connectivity index (χ0n) is 28.8. The molecule has 1 N–H and O–H groups in total. The van der Waals surface area contributed by atoms with E-state index in [1.165, 1.54) is 0 Å². The number of halogens is 1. The van der Waals surface area contributed by atoms with Gasteiger partial charge in [-0.3, -0.25) is 24.0 Å². The molecular formula is C30H41FN4O16S. The second-order valence-electron chi connectivity index (χ2n) is 10.7. The monoisotopic (exact) mass is 764 g/mol. The van der Waals surface area contributed by atoms with E-state index < -0.39 is 83.1 Å². The van der Waals surface area contributed by atoms with E-state index in [4.69, 9.17) is 48.2 Å². The van der Waals surface area contributed by atoms with Crippen LogP contribution in [-0.2, 0) is 73.0 Å². The van der Waals surface area contributed by atoms with E-state index in [1.54, 1.807) is 0 Å². The van der Waals surface area contributed by atoms with Crippen molar-refractivity contribution in [2.75, 3.05) is 59.3 Å². The Morgan fingerprint density at radius 2 is 1.42 bits per heavy atom. The van der Waals surface area contributed by atoms with Crippen LogP contribution in [0.3, 0.4) is 0 Å². The minimum Gasteiger partial charge on any atom is -0.463 e. The van der Waals surface area contributed by atoms with E-state index in [0.717, 1.165) is 45.9 Å². The number of azide groups is 1. The van der Waals surface area contributed by atoms with Crippen LogP contribution in [-0.4, -0.2) is 128 Å². The third kappa shape index (κ3) is 16.6. The second-order valence-corrected chi connectivity index (χ2v) is 12.1. The Bertz CT molecular complexity index is 1540. The summed E-state index contributed by atoms with van der Waals surface area (Å²) in [6.45, 7) is 5.01. The SMILES string of the molecule is CC(=O)OC[C@H]1OC(Oc2ccc(CS(=O)(=O)F)cc2C(=O)NCCOCCOCCOCCN=[N+]=[N-])[C@H](OC(C)=O)[C@@H](OC(C)=O)[C@H]1OC(C)=O. The molecule has 0 aromatic heterocycles. The molecular weight excluding hydrogens is 723 g/mol. The van der Waals surface area contributed by atoms with Gasteiger partial charge in [0, 0.05) is 45.7 Å². The zero-order valence-corrected chi connectivity index (χ0v) is 29.7. The first-order valence-electron chi connectivity index (χ1n) is 15.7. The maximum absolute atomic E-state index is 13.6. The van der Waals surface area contributed by atoms with Gasteiger partial charge in [0.15, 0.2) is 12.2 Å². The van der Waals surface area contributed by atoms with Gasteiger partial charge in [0.1, 0.15) is 24.2 Å². The molecule has 0 radical (unpaired) electrons. The molecule has 1 aromatic carbocycles. The summed E-state index contributed by atoms with van der Waals surface area (Å²) in [6, 6.07) is 3.34. The van der Waals surface area contributed by atoms with Gasteiger partial charge >= 0.3 is 34.1 Å². The molecule has 0 saturated carbocycles. The fourth-order valence-corrected chi connectivity index (χ4v) is 5.16. The third-order valence-electron chi connectivity index (χ3n) is 6.49. The highest BCUT2D eigenvalue weighted by Crippen LogP contribution is 2.32. The summed E-state index contributed by atoms with van der Waals surface area (Å²) in [4.78, 5) is 63.9. The molecule has 1 saturated heterocycles. The van der Waals surface area contributed by atoms with Crippen LogP contribution in [0.4, 0.5) is 3.89 Å². The number of nitrogens with zero attached hydrogens (tertiary/aromatic N) is 3.